The van der Waals surface area contributed by atoms with E-state index in [1.807, 2.05) is 36.4 Å². The molecule has 6 nitrogen and oxygen atoms in total. The third-order valence-corrected chi connectivity index (χ3v) is 3.63. The van der Waals surface area contributed by atoms with E-state index >= 15 is 0 Å². The van der Waals surface area contributed by atoms with E-state index in [1.165, 1.54) is 0 Å². The third kappa shape index (κ3) is 5.77. The number of pyridine rings is 1. The number of fused-ring (bicyclic) bond motifs is 1. The topological polar surface area (TPSA) is 67.8 Å². The number of halogens is 1. The third-order valence-electron chi connectivity index (χ3n) is 3.63. The molecule has 0 unspecified atom stereocenters. The summed E-state index contributed by atoms with van der Waals surface area (Å²) in [5.41, 5.74) is 1.96. The van der Waals surface area contributed by atoms with Crippen molar-refractivity contribution in [2.75, 3.05) is 32.1 Å². The van der Waals surface area contributed by atoms with Crippen molar-refractivity contribution in [2.24, 2.45) is 4.99 Å². The average Bonchev–Trinajstić information content (AvgIpc) is 2.86. The highest BCUT2D eigenvalue weighted by molar-refractivity contribution is 14.0. The summed E-state index contributed by atoms with van der Waals surface area (Å²) in [7, 11) is 1.75. The van der Waals surface area contributed by atoms with Gasteiger partial charge in [-0.25, -0.2) is 0 Å². The zero-order valence-corrected chi connectivity index (χ0v) is 16.5. The number of nitrogens with one attached hydrogen (secondary N) is 2. The second-order valence-electron chi connectivity index (χ2n) is 5.41. The molecular formula is C18H23IN4O2. The van der Waals surface area contributed by atoms with Crippen molar-refractivity contribution in [2.45, 2.75) is 12.8 Å². The van der Waals surface area contributed by atoms with Crippen LogP contribution in [-0.2, 0) is 6.42 Å². The highest BCUT2D eigenvalue weighted by atomic mass is 127. The SMILES string of the molecule is CN=C(NCCc1ccccn1)Nc1ccc2c(c1)OCCCO2.I. The molecule has 1 aliphatic rings. The lowest BCUT2D eigenvalue weighted by molar-refractivity contribution is 0.297. The molecule has 0 atom stereocenters. The van der Waals surface area contributed by atoms with Crippen LogP contribution in [0.4, 0.5) is 5.69 Å². The van der Waals surface area contributed by atoms with Gasteiger partial charge >= 0.3 is 0 Å². The Kier molecular flexibility index (Phi) is 7.77. The fraction of sp³-hybridized carbons (Fsp3) is 0.333. The van der Waals surface area contributed by atoms with E-state index in [1.54, 1.807) is 13.2 Å². The Morgan fingerprint density at radius 3 is 2.76 bits per heavy atom. The van der Waals surface area contributed by atoms with Crippen LogP contribution in [-0.4, -0.2) is 37.7 Å². The fourth-order valence-corrected chi connectivity index (χ4v) is 2.41. The molecular weight excluding hydrogens is 431 g/mol. The van der Waals surface area contributed by atoms with Gasteiger partial charge in [-0.2, -0.15) is 0 Å². The van der Waals surface area contributed by atoms with Gasteiger partial charge in [-0.05, 0) is 24.3 Å². The van der Waals surface area contributed by atoms with Gasteiger partial charge in [0, 0.05) is 50.1 Å². The first kappa shape index (κ1) is 19.3. The number of aliphatic imine (C=N–C) groups is 1. The number of aromatic nitrogens is 1. The zero-order chi connectivity index (χ0) is 16.6. The van der Waals surface area contributed by atoms with Gasteiger partial charge in [0.25, 0.3) is 0 Å². The first-order valence-corrected chi connectivity index (χ1v) is 8.12. The molecule has 0 amide bonds. The van der Waals surface area contributed by atoms with Crippen molar-refractivity contribution in [3.63, 3.8) is 0 Å². The molecule has 0 saturated heterocycles. The first-order chi connectivity index (χ1) is 11.8. The Morgan fingerprint density at radius 1 is 1.16 bits per heavy atom. The Balaban J connectivity index is 0.00000225. The zero-order valence-electron chi connectivity index (χ0n) is 14.2. The number of hydrogen-bond donors (Lipinski definition) is 2. The van der Waals surface area contributed by atoms with E-state index in [-0.39, 0.29) is 24.0 Å². The number of anilines is 1. The number of hydrogen-bond acceptors (Lipinski definition) is 4. The van der Waals surface area contributed by atoms with E-state index < -0.39 is 0 Å². The summed E-state index contributed by atoms with van der Waals surface area (Å²) < 4.78 is 11.4. The molecule has 0 radical (unpaired) electrons. The lowest BCUT2D eigenvalue weighted by Crippen LogP contribution is -2.32. The summed E-state index contributed by atoms with van der Waals surface area (Å²) in [5, 5.41) is 6.55. The molecule has 2 N–H and O–H groups in total. The number of ether oxygens (including phenoxy) is 2. The number of nitrogens with zero attached hydrogens (tertiary/aromatic N) is 2. The Labute approximate surface area is 165 Å². The van der Waals surface area contributed by atoms with Crippen LogP contribution in [0.1, 0.15) is 12.1 Å². The molecule has 0 fully saturated rings. The summed E-state index contributed by atoms with van der Waals surface area (Å²) in [6.07, 6.45) is 3.54. The van der Waals surface area contributed by atoms with Gasteiger partial charge in [0.05, 0.1) is 13.2 Å². The maximum absolute atomic E-state index is 5.71. The first-order valence-electron chi connectivity index (χ1n) is 8.12. The Morgan fingerprint density at radius 2 is 2.00 bits per heavy atom. The van der Waals surface area contributed by atoms with Crippen molar-refractivity contribution in [3.05, 3.63) is 48.3 Å². The van der Waals surface area contributed by atoms with Gasteiger partial charge in [-0.1, -0.05) is 6.07 Å². The molecule has 25 heavy (non-hydrogen) atoms. The van der Waals surface area contributed by atoms with Gasteiger partial charge in [0.1, 0.15) is 0 Å². The maximum atomic E-state index is 5.71. The van der Waals surface area contributed by atoms with Crippen molar-refractivity contribution in [1.29, 1.82) is 0 Å². The molecule has 3 rings (SSSR count). The van der Waals surface area contributed by atoms with Crippen LogP contribution in [0.3, 0.4) is 0 Å². The molecule has 1 aromatic carbocycles. The van der Waals surface area contributed by atoms with E-state index in [0.717, 1.165) is 42.3 Å². The molecule has 1 aliphatic heterocycles. The van der Waals surface area contributed by atoms with Gasteiger partial charge < -0.3 is 20.1 Å². The van der Waals surface area contributed by atoms with Gasteiger partial charge in [0.2, 0.25) is 0 Å². The lowest BCUT2D eigenvalue weighted by atomic mass is 10.2. The van der Waals surface area contributed by atoms with Crippen molar-refractivity contribution < 1.29 is 9.47 Å². The average molecular weight is 454 g/mol. The Bertz CT molecular complexity index is 695. The Hall–Kier alpha value is -2.03. The smallest absolute Gasteiger partial charge is 0.195 e. The highest BCUT2D eigenvalue weighted by Gasteiger charge is 2.11. The standard InChI is InChI=1S/C18H22N4O2.HI/c1-19-18(21-10-8-14-5-2-3-9-20-14)22-15-6-7-16-17(13-15)24-12-4-11-23-16;/h2-3,5-7,9,13H,4,8,10-12H2,1H3,(H2,19,21,22);1H. The van der Waals surface area contributed by atoms with Gasteiger partial charge in [0.15, 0.2) is 17.5 Å². The van der Waals surface area contributed by atoms with Crippen LogP contribution in [0, 0.1) is 0 Å². The summed E-state index contributed by atoms with van der Waals surface area (Å²) in [5.74, 6) is 2.26. The largest absolute Gasteiger partial charge is 0.490 e. The molecule has 0 aliphatic carbocycles. The van der Waals surface area contributed by atoms with Crippen molar-refractivity contribution >= 4 is 35.6 Å². The molecule has 0 bridgehead atoms. The minimum absolute atomic E-state index is 0. The molecule has 7 heteroatoms. The van der Waals surface area contributed by atoms with Gasteiger partial charge in [-0.15, -0.1) is 24.0 Å². The number of rotatable bonds is 4. The normalized spacial score (nSPS) is 13.4. The van der Waals surface area contributed by atoms with Crippen molar-refractivity contribution in [3.8, 4) is 11.5 Å². The van der Waals surface area contributed by atoms with Crippen LogP contribution in [0.25, 0.3) is 0 Å². The maximum Gasteiger partial charge on any atom is 0.195 e. The predicted molar refractivity (Wildman–Crippen MR) is 110 cm³/mol. The van der Waals surface area contributed by atoms with E-state index in [0.29, 0.717) is 19.2 Å². The van der Waals surface area contributed by atoms with Crippen LogP contribution in [0.15, 0.2) is 47.6 Å². The summed E-state index contributed by atoms with van der Waals surface area (Å²) in [4.78, 5) is 8.56. The monoisotopic (exact) mass is 454 g/mol. The molecule has 0 spiro atoms. The van der Waals surface area contributed by atoms with E-state index in [4.69, 9.17) is 9.47 Å². The van der Waals surface area contributed by atoms with Crippen LogP contribution in [0.5, 0.6) is 11.5 Å². The fourth-order valence-electron chi connectivity index (χ4n) is 2.41. The quantitative estimate of drug-likeness (QED) is 0.422. The molecule has 0 saturated carbocycles. The van der Waals surface area contributed by atoms with Gasteiger partial charge in [-0.3, -0.25) is 9.98 Å². The minimum atomic E-state index is 0. The molecule has 1 aromatic heterocycles. The van der Waals surface area contributed by atoms with Crippen LogP contribution >= 0.6 is 24.0 Å². The highest BCUT2D eigenvalue weighted by Crippen LogP contribution is 2.32. The van der Waals surface area contributed by atoms with E-state index in [9.17, 15) is 0 Å². The summed E-state index contributed by atoms with van der Waals surface area (Å²) in [6.45, 7) is 2.12. The second kappa shape index (κ2) is 10.1. The molecule has 2 aromatic rings. The van der Waals surface area contributed by atoms with E-state index in [2.05, 4.69) is 20.6 Å². The molecule has 134 valence electrons. The summed E-state index contributed by atoms with van der Waals surface area (Å²) in [6, 6.07) is 11.7. The second-order valence-corrected chi connectivity index (χ2v) is 5.41. The van der Waals surface area contributed by atoms with Crippen LogP contribution < -0.4 is 20.1 Å². The van der Waals surface area contributed by atoms with Crippen molar-refractivity contribution in [1.82, 2.24) is 10.3 Å². The predicted octanol–water partition coefficient (Wildman–Crippen LogP) is 3.09. The van der Waals surface area contributed by atoms with Crippen LogP contribution in [0.2, 0.25) is 0 Å². The minimum Gasteiger partial charge on any atom is -0.490 e. The summed E-state index contributed by atoms with van der Waals surface area (Å²) >= 11 is 0. The lowest BCUT2D eigenvalue weighted by Gasteiger charge is -2.14. The number of benzene rings is 1. The number of guanidine groups is 1. The molecule has 2 heterocycles.